The van der Waals surface area contributed by atoms with E-state index in [2.05, 4.69) is 15.0 Å². The van der Waals surface area contributed by atoms with E-state index in [9.17, 15) is 13.2 Å². The Kier molecular flexibility index (Phi) is 8.34. The summed E-state index contributed by atoms with van der Waals surface area (Å²) in [6.07, 6.45) is 0. The van der Waals surface area contributed by atoms with Crippen LogP contribution in [0.1, 0.15) is 10.5 Å². The van der Waals surface area contributed by atoms with Gasteiger partial charge in [0.2, 0.25) is 5.88 Å². The van der Waals surface area contributed by atoms with Crippen molar-refractivity contribution in [3.63, 3.8) is 0 Å². The summed E-state index contributed by atoms with van der Waals surface area (Å²) in [5.74, 6) is 0.669. The molecule has 1 amide bonds. The number of aromatic nitrogens is 2. The van der Waals surface area contributed by atoms with Crippen LogP contribution >= 0.6 is 11.6 Å². The van der Waals surface area contributed by atoms with Gasteiger partial charge in [0.15, 0.2) is 0 Å². The number of rotatable bonds is 7. The number of halogens is 1. The molecule has 0 unspecified atom stereocenters. The molecule has 4 aromatic rings. The standard InChI is InChI=1S/C23H21ClN4O5S.Na.H/c1-28-19(23(29)27-34(30,31)15-9-7-14(32-2)8-10-15)13-16-18(12-11-17(24)22(16)28)25-20-5-4-6-21(26-20)33-3;;/h4-13H,1-3H3,(H,25,26)(H,27,29);;. The number of methoxy groups -OCH3 is 2. The number of nitrogens with zero attached hydrogens (tertiary/aromatic N) is 2. The fourth-order valence-electron chi connectivity index (χ4n) is 3.47. The van der Waals surface area contributed by atoms with Crippen molar-refractivity contribution in [3.05, 3.63) is 71.4 Å². The predicted molar refractivity (Wildman–Crippen MR) is 137 cm³/mol. The van der Waals surface area contributed by atoms with Crippen molar-refractivity contribution in [2.45, 2.75) is 4.90 Å². The predicted octanol–water partition coefficient (Wildman–Crippen LogP) is 3.46. The summed E-state index contributed by atoms with van der Waals surface area (Å²) in [4.78, 5) is 17.3. The van der Waals surface area contributed by atoms with Crippen LogP contribution in [-0.2, 0) is 17.1 Å². The molecular formula is C23H22ClN4NaO5S. The Bertz CT molecular complexity index is 1490. The second-order valence-corrected chi connectivity index (χ2v) is 9.34. The zero-order valence-corrected chi connectivity index (χ0v) is 20.1. The summed E-state index contributed by atoms with van der Waals surface area (Å²) in [6.45, 7) is 0. The summed E-state index contributed by atoms with van der Waals surface area (Å²) in [5.41, 5.74) is 1.30. The Morgan fingerprint density at radius 1 is 1.03 bits per heavy atom. The quantitative estimate of drug-likeness (QED) is 0.356. The number of ether oxygens (including phenoxy) is 2. The number of amides is 1. The van der Waals surface area contributed by atoms with Crippen molar-refractivity contribution in [1.29, 1.82) is 0 Å². The molecular weight excluding hydrogens is 503 g/mol. The molecule has 0 spiro atoms. The molecule has 0 aliphatic heterocycles. The topological polar surface area (TPSA) is 112 Å². The van der Waals surface area contributed by atoms with E-state index < -0.39 is 15.9 Å². The van der Waals surface area contributed by atoms with Crippen molar-refractivity contribution >= 4 is 79.5 Å². The molecule has 2 N–H and O–H groups in total. The molecule has 2 aromatic heterocycles. The number of nitrogens with one attached hydrogen (secondary N) is 2. The Labute approximate surface area is 229 Å². The molecule has 0 saturated heterocycles. The number of aryl methyl sites for hydroxylation is 1. The number of hydrogen-bond donors (Lipinski definition) is 2. The van der Waals surface area contributed by atoms with Gasteiger partial charge in [0.25, 0.3) is 15.9 Å². The SMILES string of the molecule is COc1ccc(S(=O)(=O)NC(=O)c2cc3c(Nc4cccc(OC)n4)ccc(Cl)c3n2C)cc1.[NaH]. The maximum absolute atomic E-state index is 13.0. The average molecular weight is 525 g/mol. The van der Waals surface area contributed by atoms with Gasteiger partial charge < -0.3 is 19.4 Å². The van der Waals surface area contributed by atoms with Crippen molar-refractivity contribution in [2.75, 3.05) is 19.5 Å². The minimum absolute atomic E-state index is 0. The van der Waals surface area contributed by atoms with Crippen molar-refractivity contribution < 1.29 is 22.7 Å². The van der Waals surface area contributed by atoms with Gasteiger partial charge in [-0.2, -0.15) is 4.98 Å². The summed E-state index contributed by atoms with van der Waals surface area (Å²) in [5, 5.41) is 4.21. The first-order chi connectivity index (χ1) is 16.2. The third-order valence-corrected chi connectivity index (χ3v) is 6.82. The number of hydrogen-bond acceptors (Lipinski definition) is 7. The molecule has 178 valence electrons. The van der Waals surface area contributed by atoms with E-state index in [0.717, 1.165) is 0 Å². The molecule has 2 heterocycles. The zero-order valence-electron chi connectivity index (χ0n) is 18.5. The molecule has 0 aliphatic rings. The molecule has 2 aromatic carbocycles. The Morgan fingerprint density at radius 3 is 2.40 bits per heavy atom. The minimum atomic E-state index is -4.10. The number of anilines is 2. The molecule has 12 heteroatoms. The Balaban J connectivity index is 0.00000342. The third kappa shape index (κ3) is 5.57. The maximum atomic E-state index is 13.0. The van der Waals surface area contributed by atoms with Gasteiger partial charge >= 0.3 is 29.6 Å². The van der Waals surface area contributed by atoms with Crippen LogP contribution in [0.15, 0.2) is 65.6 Å². The molecule has 0 bridgehead atoms. The number of pyridine rings is 1. The monoisotopic (exact) mass is 524 g/mol. The zero-order chi connectivity index (χ0) is 24.5. The summed E-state index contributed by atoms with van der Waals surface area (Å²) >= 11 is 6.41. The van der Waals surface area contributed by atoms with Crippen LogP contribution in [0.2, 0.25) is 5.02 Å². The first-order valence-corrected chi connectivity index (χ1v) is 11.9. The van der Waals surface area contributed by atoms with Crippen LogP contribution in [0.4, 0.5) is 11.5 Å². The molecule has 0 atom stereocenters. The summed E-state index contributed by atoms with van der Waals surface area (Å²) in [6, 6.07) is 16.0. The molecule has 0 aliphatic carbocycles. The van der Waals surface area contributed by atoms with Crippen molar-refractivity contribution in [2.24, 2.45) is 7.05 Å². The van der Waals surface area contributed by atoms with Gasteiger partial charge in [0.1, 0.15) is 17.3 Å². The molecule has 9 nitrogen and oxygen atoms in total. The number of benzene rings is 2. The van der Waals surface area contributed by atoms with Gasteiger partial charge in [-0.05, 0) is 48.5 Å². The van der Waals surface area contributed by atoms with Gasteiger partial charge in [-0.25, -0.2) is 13.1 Å². The molecule has 35 heavy (non-hydrogen) atoms. The van der Waals surface area contributed by atoms with E-state index in [1.807, 2.05) is 0 Å². The molecule has 0 fully saturated rings. The van der Waals surface area contributed by atoms with Crippen LogP contribution < -0.4 is 19.5 Å². The van der Waals surface area contributed by atoms with Crippen molar-refractivity contribution in [3.8, 4) is 11.6 Å². The van der Waals surface area contributed by atoms with Gasteiger partial charge in [-0.3, -0.25) is 4.79 Å². The summed E-state index contributed by atoms with van der Waals surface area (Å²) < 4.78 is 39.3. The number of fused-ring (bicyclic) bond motifs is 1. The number of sulfonamides is 1. The van der Waals surface area contributed by atoms with E-state index in [-0.39, 0.29) is 40.1 Å². The fourth-order valence-corrected chi connectivity index (χ4v) is 4.73. The molecule has 0 saturated carbocycles. The molecule has 4 rings (SSSR count). The van der Waals surface area contributed by atoms with Crippen LogP contribution in [0, 0.1) is 0 Å². The van der Waals surface area contributed by atoms with E-state index in [0.29, 0.717) is 39.1 Å². The van der Waals surface area contributed by atoms with Crippen LogP contribution in [0.5, 0.6) is 11.6 Å². The van der Waals surface area contributed by atoms with Gasteiger partial charge in [-0.1, -0.05) is 17.7 Å². The van der Waals surface area contributed by atoms with Crippen molar-refractivity contribution in [1.82, 2.24) is 14.3 Å². The van der Waals surface area contributed by atoms with Crippen LogP contribution in [-0.4, -0.2) is 67.7 Å². The Hall–Kier alpha value is -2.76. The van der Waals surface area contributed by atoms with Gasteiger partial charge in [-0.15, -0.1) is 0 Å². The third-order valence-electron chi connectivity index (χ3n) is 5.17. The summed E-state index contributed by atoms with van der Waals surface area (Å²) in [7, 11) is 0.530. The average Bonchev–Trinajstić information content (AvgIpc) is 3.19. The first-order valence-electron chi connectivity index (χ1n) is 10.0. The number of carbonyl (C=O) groups excluding carboxylic acids is 1. The second-order valence-electron chi connectivity index (χ2n) is 7.25. The Morgan fingerprint density at radius 2 is 1.74 bits per heavy atom. The normalized spacial score (nSPS) is 11.0. The molecule has 0 radical (unpaired) electrons. The van der Waals surface area contributed by atoms with E-state index in [1.165, 1.54) is 38.5 Å². The number of carbonyl (C=O) groups is 1. The fraction of sp³-hybridized carbons (Fsp3) is 0.130. The van der Waals surface area contributed by atoms with E-state index in [4.69, 9.17) is 21.1 Å². The van der Waals surface area contributed by atoms with Gasteiger partial charge in [0.05, 0.1) is 29.7 Å². The van der Waals surface area contributed by atoms with E-state index in [1.54, 1.807) is 48.0 Å². The first kappa shape index (κ1) is 26.8. The second kappa shape index (κ2) is 10.9. The van der Waals surface area contributed by atoms with Crippen LogP contribution in [0.25, 0.3) is 10.9 Å². The van der Waals surface area contributed by atoms with E-state index >= 15 is 0 Å². The van der Waals surface area contributed by atoms with Crippen LogP contribution in [0.3, 0.4) is 0 Å². The van der Waals surface area contributed by atoms with Gasteiger partial charge in [0, 0.05) is 24.2 Å².